The van der Waals surface area contributed by atoms with Gasteiger partial charge >= 0.3 is 63.3 Å². The number of hydrogen-bond donors (Lipinski definition) is 0. The molecule has 2 aromatic carbocycles. The van der Waals surface area contributed by atoms with Crippen molar-refractivity contribution < 1.29 is 78.7 Å². The predicted octanol–water partition coefficient (Wildman–Crippen LogP) is -1.94. The van der Waals surface area contributed by atoms with Gasteiger partial charge < -0.3 is 9.29 Å². The predicted molar refractivity (Wildman–Crippen MR) is 61.7 cm³/mol. The maximum absolute atomic E-state index is 11.6. The number of hydrogen-bond acceptors (Lipinski definition) is 6. The molecule has 8 heteroatoms. The van der Waals surface area contributed by atoms with Gasteiger partial charge in [-0.05, 0) is 18.2 Å². The number of esters is 2. The van der Waals surface area contributed by atoms with E-state index in [2.05, 4.69) is 4.74 Å². The Morgan fingerprint density at radius 2 is 1.55 bits per heavy atom. The summed E-state index contributed by atoms with van der Waals surface area (Å²) in [5, 5.41) is 0.190. The van der Waals surface area contributed by atoms with Crippen molar-refractivity contribution in [1.29, 1.82) is 0 Å². The Labute approximate surface area is 156 Å². The fourth-order valence-electron chi connectivity index (χ4n) is 2.13. The van der Waals surface area contributed by atoms with Crippen LogP contribution in [0.4, 0.5) is 0 Å². The van der Waals surface area contributed by atoms with Crippen LogP contribution in [0, 0.1) is 0 Å². The molecule has 0 radical (unpaired) electrons. The molecular weight excluding hydrogens is 311 g/mol. The van der Waals surface area contributed by atoms with E-state index in [0.717, 1.165) is 6.07 Å². The molecule has 0 unspecified atom stereocenters. The minimum absolute atomic E-state index is 0. The van der Waals surface area contributed by atoms with Crippen LogP contribution in [0.25, 0.3) is 10.8 Å². The SMILES string of the molecule is O=C1OC(=O)c2ccc(S(=O)(=O)[O-])c3cccc1c23.[K+]. The first-order chi connectivity index (χ1) is 8.89. The van der Waals surface area contributed by atoms with Crippen LogP contribution in [-0.4, -0.2) is 24.9 Å². The first-order valence-electron chi connectivity index (χ1n) is 5.18. The van der Waals surface area contributed by atoms with Crippen LogP contribution in [-0.2, 0) is 14.9 Å². The zero-order valence-electron chi connectivity index (χ0n) is 10.2. The first kappa shape index (κ1) is 15.8. The summed E-state index contributed by atoms with van der Waals surface area (Å²) in [6, 6.07) is 6.42. The standard InChI is InChI=1S/C12H6O6S.K/c13-11-7-3-1-2-6-9(19(15,16)17)5-4-8(10(6)7)12(14)18-11;/h1-5H,(H,15,16,17);/q;+1/p-1. The Morgan fingerprint density at radius 1 is 0.950 bits per heavy atom. The molecule has 0 bridgehead atoms. The van der Waals surface area contributed by atoms with Gasteiger partial charge in [-0.2, -0.15) is 0 Å². The van der Waals surface area contributed by atoms with Crippen LogP contribution in [0.2, 0.25) is 0 Å². The normalized spacial score (nSPS) is 13.8. The first-order valence-corrected chi connectivity index (χ1v) is 6.58. The fraction of sp³-hybridized carbons (Fsp3) is 0. The third-order valence-electron chi connectivity index (χ3n) is 2.90. The Morgan fingerprint density at radius 3 is 2.15 bits per heavy atom. The van der Waals surface area contributed by atoms with Gasteiger partial charge in [-0.25, -0.2) is 18.0 Å². The second-order valence-corrected chi connectivity index (χ2v) is 5.32. The summed E-state index contributed by atoms with van der Waals surface area (Å²) in [6.07, 6.45) is 0. The average molecular weight is 316 g/mol. The summed E-state index contributed by atoms with van der Waals surface area (Å²) < 4.78 is 38.1. The summed E-state index contributed by atoms with van der Waals surface area (Å²) in [7, 11) is -4.70. The number of cyclic esters (lactones) is 2. The monoisotopic (exact) mass is 316 g/mol. The van der Waals surface area contributed by atoms with Gasteiger partial charge in [0, 0.05) is 10.8 Å². The maximum Gasteiger partial charge on any atom is 1.00 e. The van der Waals surface area contributed by atoms with E-state index in [4.69, 9.17) is 0 Å². The zero-order chi connectivity index (χ0) is 13.8. The summed E-state index contributed by atoms with van der Waals surface area (Å²) in [6.45, 7) is 0. The number of ether oxygens (including phenoxy) is 1. The van der Waals surface area contributed by atoms with Gasteiger partial charge in [0.05, 0.1) is 16.0 Å². The number of carbonyl (C=O) groups is 2. The fourth-order valence-corrected chi connectivity index (χ4v) is 2.81. The van der Waals surface area contributed by atoms with Gasteiger partial charge in [0.2, 0.25) is 0 Å². The van der Waals surface area contributed by atoms with Crippen molar-refractivity contribution in [1.82, 2.24) is 0 Å². The zero-order valence-corrected chi connectivity index (χ0v) is 14.2. The molecule has 20 heavy (non-hydrogen) atoms. The largest absolute Gasteiger partial charge is 1.00 e. The third-order valence-corrected chi connectivity index (χ3v) is 3.79. The molecule has 96 valence electrons. The van der Waals surface area contributed by atoms with Crippen molar-refractivity contribution in [3.8, 4) is 0 Å². The van der Waals surface area contributed by atoms with Crippen LogP contribution in [0.15, 0.2) is 35.2 Å². The van der Waals surface area contributed by atoms with Crippen molar-refractivity contribution in [2.24, 2.45) is 0 Å². The molecular formula is C12H5KO6S. The number of carbonyl (C=O) groups excluding carboxylic acids is 2. The molecule has 0 N–H and O–H groups in total. The van der Waals surface area contributed by atoms with Gasteiger partial charge in [-0.15, -0.1) is 0 Å². The van der Waals surface area contributed by atoms with E-state index in [9.17, 15) is 22.6 Å². The van der Waals surface area contributed by atoms with Crippen molar-refractivity contribution in [3.05, 3.63) is 41.5 Å². The maximum atomic E-state index is 11.6. The van der Waals surface area contributed by atoms with Gasteiger partial charge in [0.25, 0.3) is 0 Å². The van der Waals surface area contributed by atoms with Crippen LogP contribution in [0.3, 0.4) is 0 Å². The van der Waals surface area contributed by atoms with Gasteiger partial charge in [0.15, 0.2) is 0 Å². The summed E-state index contributed by atoms with van der Waals surface area (Å²) in [5.41, 5.74) is 0.134. The molecule has 0 saturated heterocycles. The minimum Gasteiger partial charge on any atom is -0.744 e. The minimum atomic E-state index is -4.70. The van der Waals surface area contributed by atoms with E-state index in [0.29, 0.717) is 0 Å². The van der Waals surface area contributed by atoms with Crippen molar-refractivity contribution in [2.75, 3.05) is 0 Å². The summed E-state index contributed by atoms with van der Waals surface area (Å²) in [4.78, 5) is 22.7. The van der Waals surface area contributed by atoms with E-state index in [-0.39, 0.29) is 73.3 Å². The molecule has 6 nitrogen and oxygen atoms in total. The number of rotatable bonds is 1. The van der Waals surface area contributed by atoms with Crippen molar-refractivity contribution >= 4 is 32.8 Å². The smallest absolute Gasteiger partial charge is 0.744 e. The Kier molecular flexibility index (Phi) is 4.18. The molecule has 0 saturated carbocycles. The van der Waals surface area contributed by atoms with Crippen LogP contribution < -0.4 is 51.4 Å². The second-order valence-electron chi connectivity index (χ2n) is 3.97. The summed E-state index contributed by atoms with van der Waals surface area (Å²) >= 11 is 0. The molecule has 0 aromatic heterocycles. The summed E-state index contributed by atoms with van der Waals surface area (Å²) in [5.74, 6) is -1.72. The van der Waals surface area contributed by atoms with Crippen molar-refractivity contribution in [2.45, 2.75) is 4.90 Å². The van der Waals surface area contributed by atoms with Gasteiger partial charge in [-0.1, -0.05) is 12.1 Å². The molecule has 0 spiro atoms. The third kappa shape index (κ3) is 2.37. The molecule has 0 fully saturated rings. The van der Waals surface area contributed by atoms with E-state index < -0.39 is 27.0 Å². The molecule has 0 amide bonds. The molecule has 1 heterocycles. The molecule has 3 rings (SSSR count). The Balaban J connectivity index is 0.00000147. The van der Waals surface area contributed by atoms with E-state index in [1.165, 1.54) is 24.3 Å². The topological polar surface area (TPSA) is 101 Å². The van der Waals surface area contributed by atoms with E-state index in [1.54, 1.807) is 0 Å². The molecule has 2 aromatic rings. The van der Waals surface area contributed by atoms with Gasteiger partial charge in [-0.3, -0.25) is 0 Å². The van der Waals surface area contributed by atoms with Crippen molar-refractivity contribution in [3.63, 3.8) is 0 Å². The molecule has 0 atom stereocenters. The quantitative estimate of drug-likeness (QED) is 0.263. The van der Waals surface area contributed by atoms with Crippen LogP contribution in [0.1, 0.15) is 20.7 Å². The molecule has 1 aliphatic heterocycles. The van der Waals surface area contributed by atoms with E-state index in [1.807, 2.05) is 0 Å². The number of benzene rings is 2. The molecule has 0 aliphatic carbocycles. The van der Waals surface area contributed by atoms with Crippen LogP contribution in [0.5, 0.6) is 0 Å². The van der Waals surface area contributed by atoms with E-state index >= 15 is 0 Å². The van der Waals surface area contributed by atoms with Gasteiger partial charge in [0.1, 0.15) is 10.1 Å². The molecule has 1 aliphatic rings. The van der Waals surface area contributed by atoms with Crippen LogP contribution >= 0.6 is 0 Å². The Hall–Kier alpha value is -0.614. The average Bonchev–Trinajstić information content (AvgIpc) is 2.33. The Bertz CT molecular complexity index is 835. The second kappa shape index (κ2) is 5.30.